The molecule has 1 aliphatic carbocycles. The number of benzene rings is 1. The number of ether oxygens (including phenoxy) is 1. The maximum absolute atomic E-state index is 13.3. The Kier molecular flexibility index (Phi) is 4.01. The van der Waals surface area contributed by atoms with E-state index < -0.39 is 17.2 Å². The van der Waals surface area contributed by atoms with Gasteiger partial charge in [0.15, 0.2) is 11.6 Å². The third kappa shape index (κ3) is 3.02. The van der Waals surface area contributed by atoms with Crippen LogP contribution in [0.25, 0.3) is 0 Å². The number of halogens is 2. The Hall–Kier alpha value is -1.67. The topological polar surface area (TPSA) is 59.0 Å². The average Bonchev–Trinajstić information content (AvgIpc) is 2.74. The summed E-state index contributed by atoms with van der Waals surface area (Å²) in [4.78, 5) is 0. The predicted octanol–water partition coefficient (Wildman–Crippen LogP) is 2.75. The molecule has 0 aromatic heterocycles. The molecule has 3 nitrogen and oxygen atoms in total. The normalized spacial score (nSPS) is 26.1. The second kappa shape index (κ2) is 5.54. The molecule has 5 heteroatoms. The Morgan fingerprint density at radius 3 is 2.95 bits per heavy atom. The van der Waals surface area contributed by atoms with Crippen LogP contribution in [0.15, 0.2) is 18.2 Å². The van der Waals surface area contributed by atoms with Crippen molar-refractivity contribution in [1.82, 2.24) is 0 Å². The monoisotopic (exact) mass is 266 g/mol. The largest absolute Gasteiger partial charge is 0.491 e. The van der Waals surface area contributed by atoms with Gasteiger partial charge in [-0.2, -0.15) is 5.26 Å². The molecular formula is C14H16F2N2O. The predicted molar refractivity (Wildman–Crippen MR) is 66.3 cm³/mol. The van der Waals surface area contributed by atoms with Crippen LogP contribution >= 0.6 is 0 Å². The smallest absolute Gasteiger partial charge is 0.167 e. The Labute approximate surface area is 111 Å². The molecule has 2 atom stereocenters. The Morgan fingerprint density at radius 2 is 2.26 bits per heavy atom. The van der Waals surface area contributed by atoms with E-state index in [-0.39, 0.29) is 18.3 Å². The first kappa shape index (κ1) is 13.8. The van der Waals surface area contributed by atoms with Gasteiger partial charge in [0.1, 0.15) is 11.4 Å². The highest BCUT2D eigenvalue weighted by Crippen LogP contribution is 2.35. The Morgan fingerprint density at radius 1 is 1.47 bits per heavy atom. The summed E-state index contributed by atoms with van der Waals surface area (Å²) in [5.41, 5.74) is 5.20. The SMILES string of the molecule is N#CC1(N)CCCC1CCOc1ccc(F)cc1F. The minimum atomic E-state index is -0.787. The first-order valence-electron chi connectivity index (χ1n) is 6.33. The molecule has 0 spiro atoms. The second-order valence-corrected chi connectivity index (χ2v) is 4.95. The molecule has 2 N–H and O–H groups in total. The molecule has 1 aromatic carbocycles. The first-order valence-corrected chi connectivity index (χ1v) is 6.33. The van der Waals surface area contributed by atoms with Crippen molar-refractivity contribution in [3.05, 3.63) is 29.8 Å². The molecule has 19 heavy (non-hydrogen) atoms. The fourth-order valence-electron chi connectivity index (χ4n) is 2.56. The fraction of sp³-hybridized carbons (Fsp3) is 0.500. The van der Waals surface area contributed by atoms with Gasteiger partial charge in [0.2, 0.25) is 0 Å². The fourth-order valence-corrected chi connectivity index (χ4v) is 2.56. The number of hydrogen-bond donors (Lipinski definition) is 1. The summed E-state index contributed by atoms with van der Waals surface area (Å²) in [5, 5.41) is 9.07. The lowest BCUT2D eigenvalue weighted by atomic mass is 9.87. The number of nitrogens with two attached hydrogens (primary N) is 1. The van der Waals surface area contributed by atoms with E-state index in [0.29, 0.717) is 12.8 Å². The van der Waals surface area contributed by atoms with E-state index in [1.165, 1.54) is 6.07 Å². The van der Waals surface area contributed by atoms with Crippen LogP contribution in [0.1, 0.15) is 25.7 Å². The number of nitriles is 1. The Balaban J connectivity index is 1.89. The van der Waals surface area contributed by atoms with Crippen molar-refractivity contribution in [2.75, 3.05) is 6.61 Å². The maximum atomic E-state index is 13.3. The summed E-state index contributed by atoms with van der Waals surface area (Å²) in [5.74, 6) is -1.25. The van der Waals surface area contributed by atoms with Gasteiger partial charge in [-0.05, 0) is 37.3 Å². The summed E-state index contributed by atoms with van der Waals surface area (Å²) in [7, 11) is 0. The van der Waals surface area contributed by atoms with E-state index in [2.05, 4.69) is 6.07 Å². The molecule has 0 saturated heterocycles. The van der Waals surface area contributed by atoms with Gasteiger partial charge in [-0.3, -0.25) is 0 Å². The van der Waals surface area contributed by atoms with Gasteiger partial charge in [-0.1, -0.05) is 6.42 Å². The van der Waals surface area contributed by atoms with Gasteiger partial charge in [0.05, 0.1) is 12.7 Å². The van der Waals surface area contributed by atoms with E-state index in [1.54, 1.807) is 0 Å². The molecule has 2 unspecified atom stereocenters. The zero-order valence-corrected chi connectivity index (χ0v) is 10.5. The lowest BCUT2D eigenvalue weighted by Crippen LogP contribution is -2.42. The zero-order valence-electron chi connectivity index (χ0n) is 10.5. The molecule has 0 aliphatic heterocycles. The van der Waals surface area contributed by atoms with Crippen molar-refractivity contribution in [3.8, 4) is 11.8 Å². The standard InChI is InChI=1S/C14H16F2N2O/c15-11-3-4-13(12(16)8-11)19-7-5-10-2-1-6-14(10,18)9-17/h3-4,8,10H,1-2,5-7,18H2. The van der Waals surface area contributed by atoms with Crippen LogP contribution in [-0.2, 0) is 0 Å². The van der Waals surface area contributed by atoms with Crippen molar-refractivity contribution in [1.29, 1.82) is 5.26 Å². The molecule has 2 rings (SSSR count). The van der Waals surface area contributed by atoms with Gasteiger partial charge in [-0.15, -0.1) is 0 Å². The molecule has 1 aromatic rings. The van der Waals surface area contributed by atoms with E-state index in [4.69, 9.17) is 15.7 Å². The van der Waals surface area contributed by atoms with Crippen LogP contribution in [0.5, 0.6) is 5.75 Å². The van der Waals surface area contributed by atoms with Crippen molar-refractivity contribution in [2.45, 2.75) is 31.2 Å². The number of nitrogens with zero attached hydrogens (tertiary/aromatic N) is 1. The Bertz CT molecular complexity index is 501. The van der Waals surface area contributed by atoms with Crippen LogP contribution in [-0.4, -0.2) is 12.1 Å². The van der Waals surface area contributed by atoms with E-state index in [0.717, 1.165) is 25.0 Å². The molecule has 0 bridgehead atoms. The van der Waals surface area contributed by atoms with Gasteiger partial charge < -0.3 is 10.5 Å². The van der Waals surface area contributed by atoms with E-state index in [1.807, 2.05) is 0 Å². The molecular weight excluding hydrogens is 250 g/mol. The van der Waals surface area contributed by atoms with Gasteiger partial charge in [0, 0.05) is 6.07 Å². The van der Waals surface area contributed by atoms with E-state index >= 15 is 0 Å². The maximum Gasteiger partial charge on any atom is 0.167 e. The average molecular weight is 266 g/mol. The number of hydrogen-bond acceptors (Lipinski definition) is 3. The summed E-state index contributed by atoms with van der Waals surface area (Å²) in [6.07, 6.45) is 3.11. The van der Waals surface area contributed by atoms with Crippen LogP contribution < -0.4 is 10.5 Å². The van der Waals surface area contributed by atoms with Crippen LogP contribution in [0.3, 0.4) is 0 Å². The van der Waals surface area contributed by atoms with E-state index in [9.17, 15) is 8.78 Å². The summed E-state index contributed by atoms with van der Waals surface area (Å²) in [6, 6.07) is 5.35. The highest BCUT2D eigenvalue weighted by atomic mass is 19.1. The minimum absolute atomic E-state index is 0.0268. The second-order valence-electron chi connectivity index (χ2n) is 4.95. The van der Waals surface area contributed by atoms with Crippen LogP contribution in [0.4, 0.5) is 8.78 Å². The third-order valence-electron chi connectivity index (χ3n) is 3.70. The molecule has 0 amide bonds. The third-order valence-corrected chi connectivity index (χ3v) is 3.70. The molecule has 1 saturated carbocycles. The van der Waals surface area contributed by atoms with Crippen molar-refractivity contribution >= 4 is 0 Å². The quantitative estimate of drug-likeness (QED) is 0.911. The van der Waals surface area contributed by atoms with Gasteiger partial charge in [0.25, 0.3) is 0 Å². The highest BCUT2D eigenvalue weighted by Gasteiger charge is 2.39. The lowest BCUT2D eigenvalue weighted by molar-refractivity contribution is 0.246. The van der Waals surface area contributed by atoms with Crippen molar-refractivity contribution in [2.24, 2.45) is 11.7 Å². The van der Waals surface area contributed by atoms with Crippen LogP contribution in [0, 0.1) is 28.9 Å². The summed E-state index contributed by atoms with van der Waals surface area (Å²) in [6.45, 7) is 0.272. The molecule has 1 aliphatic rings. The summed E-state index contributed by atoms with van der Waals surface area (Å²) < 4.78 is 31.3. The van der Waals surface area contributed by atoms with Crippen LogP contribution in [0.2, 0.25) is 0 Å². The minimum Gasteiger partial charge on any atom is -0.491 e. The molecule has 102 valence electrons. The zero-order chi connectivity index (χ0) is 13.9. The molecule has 0 heterocycles. The summed E-state index contributed by atoms with van der Waals surface area (Å²) >= 11 is 0. The van der Waals surface area contributed by atoms with Crippen molar-refractivity contribution < 1.29 is 13.5 Å². The highest BCUT2D eigenvalue weighted by molar-refractivity contribution is 5.24. The van der Waals surface area contributed by atoms with Gasteiger partial charge in [-0.25, -0.2) is 8.78 Å². The van der Waals surface area contributed by atoms with Gasteiger partial charge >= 0.3 is 0 Å². The first-order chi connectivity index (χ1) is 9.05. The molecule has 1 fully saturated rings. The van der Waals surface area contributed by atoms with Crippen molar-refractivity contribution in [3.63, 3.8) is 0 Å². The lowest BCUT2D eigenvalue weighted by Gasteiger charge is -2.23. The number of rotatable bonds is 4. The molecule has 0 radical (unpaired) electrons.